The van der Waals surface area contributed by atoms with E-state index in [0.29, 0.717) is 16.7 Å². The predicted molar refractivity (Wildman–Crippen MR) is 90.5 cm³/mol. The zero-order valence-corrected chi connectivity index (χ0v) is 14.3. The highest BCUT2D eigenvalue weighted by molar-refractivity contribution is 6.03. The lowest BCUT2D eigenvalue weighted by atomic mass is 10.0. The number of fused-ring (bicyclic) bond motifs is 1. The molecule has 0 aliphatic heterocycles. The number of benzene rings is 1. The second kappa shape index (κ2) is 7.68. The molecule has 0 saturated heterocycles. The minimum atomic E-state index is -1.37. The third-order valence-electron chi connectivity index (χ3n) is 3.60. The molecule has 0 unspecified atom stereocenters. The third kappa shape index (κ3) is 3.23. The molecule has 0 aliphatic carbocycles. The van der Waals surface area contributed by atoms with Gasteiger partial charge in [-0.25, -0.2) is 4.68 Å². The Hall–Kier alpha value is -3.36. The summed E-state index contributed by atoms with van der Waals surface area (Å²) in [6, 6.07) is 9.18. The highest BCUT2D eigenvalue weighted by Gasteiger charge is 2.36. The maximum Gasteiger partial charge on any atom is 0.326 e. The number of rotatable bonds is 6. The summed E-state index contributed by atoms with van der Waals surface area (Å²) >= 11 is 0. The fourth-order valence-electron chi connectivity index (χ4n) is 2.53. The summed E-state index contributed by atoms with van der Waals surface area (Å²) < 4.78 is 11.6. The molecule has 9 heteroatoms. The number of esters is 2. The van der Waals surface area contributed by atoms with E-state index >= 15 is 0 Å². The lowest BCUT2D eigenvalue weighted by Gasteiger charge is -2.14. The van der Waals surface area contributed by atoms with Gasteiger partial charge in [0.1, 0.15) is 16.7 Å². The first-order chi connectivity index (χ1) is 12.7. The number of nitrogens with zero attached hydrogens (tertiary/aromatic N) is 5. The number of hydrogen-bond donors (Lipinski definition) is 0. The number of hydrogen-bond acceptors (Lipinski definition) is 8. The molecule has 26 heavy (non-hydrogen) atoms. The van der Waals surface area contributed by atoms with Gasteiger partial charge in [-0.15, -0.1) is 5.10 Å². The number of ether oxygens (including phenoxy) is 2. The van der Waals surface area contributed by atoms with Gasteiger partial charge in [-0.2, -0.15) is 10.2 Å². The highest BCUT2D eigenvalue weighted by atomic mass is 16.6. The molecule has 0 fully saturated rings. The molecule has 0 aliphatic rings. The minimum absolute atomic E-state index is 0.0910. The van der Waals surface area contributed by atoms with Crippen molar-refractivity contribution in [3.05, 3.63) is 42.2 Å². The SMILES string of the molecule is CCOC(=O)C(C(=O)OCC)c1nncc2nnn(-c3ccccc3)c12. The van der Waals surface area contributed by atoms with Gasteiger partial charge in [0.2, 0.25) is 0 Å². The van der Waals surface area contributed by atoms with Gasteiger partial charge in [-0.3, -0.25) is 9.59 Å². The van der Waals surface area contributed by atoms with E-state index in [1.54, 1.807) is 13.8 Å². The van der Waals surface area contributed by atoms with Crippen molar-refractivity contribution in [2.75, 3.05) is 13.2 Å². The van der Waals surface area contributed by atoms with Crippen molar-refractivity contribution in [3.63, 3.8) is 0 Å². The molecular weight excluding hydrogens is 338 g/mol. The van der Waals surface area contributed by atoms with Crippen LogP contribution in [0.1, 0.15) is 25.5 Å². The Labute approximate surface area is 148 Å². The van der Waals surface area contributed by atoms with E-state index in [1.807, 2.05) is 30.3 Å². The fraction of sp³-hybridized carbons (Fsp3) is 0.294. The summed E-state index contributed by atoms with van der Waals surface area (Å²) in [7, 11) is 0. The van der Waals surface area contributed by atoms with Gasteiger partial charge < -0.3 is 9.47 Å². The van der Waals surface area contributed by atoms with Crippen LogP contribution in [-0.2, 0) is 19.1 Å². The van der Waals surface area contributed by atoms with Crippen LogP contribution >= 0.6 is 0 Å². The zero-order valence-electron chi connectivity index (χ0n) is 14.3. The average Bonchev–Trinajstić information content (AvgIpc) is 3.08. The molecule has 0 bridgehead atoms. The summed E-state index contributed by atoms with van der Waals surface area (Å²) in [5, 5.41) is 16.0. The Morgan fingerprint density at radius 1 is 1.04 bits per heavy atom. The Kier molecular flexibility index (Phi) is 5.16. The summed E-state index contributed by atoms with van der Waals surface area (Å²) in [6.45, 7) is 3.55. The fourth-order valence-corrected chi connectivity index (χ4v) is 2.53. The summed E-state index contributed by atoms with van der Waals surface area (Å²) in [5.74, 6) is -2.88. The van der Waals surface area contributed by atoms with Crippen molar-refractivity contribution in [3.8, 4) is 5.69 Å². The molecular formula is C17H17N5O4. The smallest absolute Gasteiger partial charge is 0.326 e. The van der Waals surface area contributed by atoms with Gasteiger partial charge >= 0.3 is 11.9 Å². The summed E-state index contributed by atoms with van der Waals surface area (Å²) in [5.41, 5.74) is 1.60. The van der Waals surface area contributed by atoms with Crippen LogP contribution in [0.4, 0.5) is 0 Å². The Morgan fingerprint density at radius 2 is 1.69 bits per heavy atom. The topological polar surface area (TPSA) is 109 Å². The van der Waals surface area contributed by atoms with Crippen molar-refractivity contribution >= 4 is 23.0 Å². The van der Waals surface area contributed by atoms with E-state index in [1.165, 1.54) is 10.9 Å². The second-order valence-corrected chi connectivity index (χ2v) is 5.24. The van der Waals surface area contributed by atoms with Gasteiger partial charge in [-0.05, 0) is 26.0 Å². The number of aromatic nitrogens is 5. The Morgan fingerprint density at radius 3 is 2.31 bits per heavy atom. The second-order valence-electron chi connectivity index (χ2n) is 5.24. The number of carbonyl (C=O) groups excluding carboxylic acids is 2. The van der Waals surface area contributed by atoms with Crippen molar-refractivity contribution in [2.45, 2.75) is 19.8 Å². The first-order valence-corrected chi connectivity index (χ1v) is 8.13. The molecule has 9 nitrogen and oxygen atoms in total. The molecule has 3 rings (SSSR count). The van der Waals surface area contributed by atoms with Gasteiger partial charge in [-0.1, -0.05) is 23.4 Å². The van der Waals surface area contributed by atoms with E-state index in [4.69, 9.17) is 9.47 Å². The van der Waals surface area contributed by atoms with Crippen molar-refractivity contribution < 1.29 is 19.1 Å². The minimum Gasteiger partial charge on any atom is -0.465 e. The molecule has 3 aromatic rings. The number of carbonyl (C=O) groups is 2. The first-order valence-electron chi connectivity index (χ1n) is 8.13. The van der Waals surface area contributed by atoms with E-state index in [9.17, 15) is 9.59 Å². The monoisotopic (exact) mass is 355 g/mol. The molecule has 0 atom stereocenters. The van der Waals surface area contributed by atoms with Crippen LogP contribution < -0.4 is 0 Å². The van der Waals surface area contributed by atoms with Gasteiger partial charge in [0, 0.05) is 0 Å². The molecule has 134 valence electrons. The normalized spacial score (nSPS) is 10.9. The van der Waals surface area contributed by atoms with Crippen LogP contribution in [0.5, 0.6) is 0 Å². The summed E-state index contributed by atoms with van der Waals surface area (Å²) in [4.78, 5) is 24.9. The van der Waals surface area contributed by atoms with Crippen LogP contribution in [0.2, 0.25) is 0 Å². The van der Waals surface area contributed by atoms with Crippen molar-refractivity contribution in [1.82, 2.24) is 25.2 Å². The molecule has 2 heterocycles. The lowest BCUT2D eigenvalue weighted by Crippen LogP contribution is -2.28. The first kappa shape index (κ1) is 17.5. The van der Waals surface area contributed by atoms with Crippen molar-refractivity contribution in [2.24, 2.45) is 0 Å². The lowest BCUT2D eigenvalue weighted by molar-refractivity contribution is -0.157. The molecule has 0 spiro atoms. The Bertz CT molecular complexity index is 907. The van der Waals surface area contributed by atoms with Gasteiger partial charge in [0.15, 0.2) is 5.92 Å². The van der Waals surface area contributed by atoms with Crippen LogP contribution in [-0.4, -0.2) is 50.3 Å². The molecule has 1 aromatic carbocycles. The Balaban J connectivity index is 2.19. The standard InChI is InChI=1S/C17H17N5O4/c1-3-25-16(23)13(17(24)26-4-2)14-15-12(10-18-20-14)19-21-22(15)11-8-6-5-7-9-11/h5-10,13H,3-4H2,1-2H3. The quantitative estimate of drug-likeness (QED) is 0.482. The maximum absolute atomic E-state index is 12.4. The van der Waals surface area contributed by atoms with E-state index < -0.39 is 17.9 Å². The molecule has 2 aromatic heterocycles. The number of para-hydroxylation sites is 1. The third-order valence-corrected chi connectivity index (χ3v) is 3.60. The van der Waals surface area contributed by atoms with Crippen LogP contribution in [0.15, 0.2) is 36.5 Å². The van der Waals surface area contributed by atoms with Crippen LogP contribution in [0, 0.1) is 0 Å². The van der Waals surface area contributed by atoms with Gasteiger partial charge in [0.05, 0.1) is 25.1 Å². The molecule has 0 radical (unpaired) electrons. The van der Waals surface area contributed by atoms with Crippen LogP contribution in [0.3, 0.4) is 0 Å². The van der Waals surface area contributed by atoms with Gasteiger partial charge in [0.25, 0.3) is 0 Å². The highest BCUT2D eigenvalue weighted by Crippen LogP contribution is 2.26. The predicted octanol–water partition coefficient (Wildman–Crippen LogP) is 1.42. The molecule has 0 saturated carbocycles. The maximum atomic E-state index is 12.4. The largest absolute Gasteiger partial charge is 0.465 e. The molecule has 0 amide bonds. The van der Waals surface area contributed by atoms with Crippen LogP contribution in [0.25, 0.3) is 16.7 Å². The zero-order chi connectivity index (χ0) is 18.5. The molecule has 0 N–H and O–H groups in total. The van der Waals surface area contributed by atoms with Crippen molar-refractivity contribution in [1.29, 1.82) is 0 Å². The average molecular weight is 355 g/mol. The van der Waals surface area contributed by atoms with E-state index in [-0.39, 0.29) is 18.9 Å². The summed E-state index contributed by atoms with van der Waals surface area (Å²) in [6.07, 6.45) is 1.42. The van der Waals surface area contributed by atoms with E-state index in [0.717, 1.165) is 0 Å². The van der Waals surface area contributed by atoms with E-state index in [2.05, 4.69) is 20.5 Å².